The van der Waals surface area contributed by atoms with E-state index in [2.05, 4.69) is 42.0 Å². The molecule has 0 fully saturated rings. The molecule has 0 N–H and O–H groups in total. The van der Waals surface area contributed by atoms with Crippen molar-refractivity contribution in [2.75, 3.05) is 0 Å². The average Bonchev–Trinajstić information content (AvgIpc) is 2.78. The van der Waals surface area contributed by atoms with E-state index in [1.807, 2.05) is 29.4 Å². The van der Waals surface area contributed by atoms with Gasteiger partial charge in [-0.1, -0.05) is 43.5 Å². The summed E-state index contributed by atoms with van der Waals surface area (Å²) in [5.41, 5.74) is 2.43. The van der Waals surface area contributed by atoms with Crippen LogP contribution in [0.1, 0.15) is 11.1 Å². The fourth-order valence-corrected chi connectivity index (χ4v) is 1.58. The lowest BCUT2D eigenvalue weighted by molar-refractivity contribution is -0.687. The lowest BCUT2D eigenvalue weighted by atomic mass is 10.1. The first-order valence-electron chi connectivity index (χ1n) is 5.22. The van der Waals surface area contributed by atoms with Crippen LogP contribution in [0.5, 0.6) is 0 Å². The summed E-state index contributed by atoms with van der Waals surface area (Å²) in [6, 6.07) is 8.39. The van der Waals surface area contributed by atoms with E-state index in [1.54, 1.807) is 6.20 Å². The standard InChI is InChI=1S/C14H15N2.ClH/c1-3-13-5-7-14(8-6-13)11-16-10-9-15(4-2)12-16;/h3-10,12H,1-2,11H2;1H/q+1;/p-1. The number of benzene rings is 1. The van der Waals surface area contributed by atoms with Crippen molar-refractivity contribution >= 4 is 12.3 Å². The molecular formula is C14H15ClN2. The van der Waals surface area contributed by atoms with Crippen molar-refractivity contribution in [1.82, 2.24) is 4.57 Å². The molecule has 0 saturated heterocycles. The molecule has 2 aromatic rings. The lowest BCUT2D eigenvalue weighted by Crippen LogP contribution is -3.00. The third-order valence-electron chi connectivity index (χ3n) is 2.50. The summed E-state index contributed by atoms with van der Waals surface area (Å²) in [4.78, 5) is 0. The second-order valence-corrected chi connectivity index (χ2v) is 3.66. The van der Waals surface area contributed by atoms with Gasteiger partial charge in [0, 0.05) is 0 Å². The number of nitrogens with zero attached hydrogens (tertiary/aromatic N) is 2. The average molecular weight is 247 g/mol. The van der Waals surface area contributed by atoms with E-state index in [-0.39, 0.29) is 12.4 Å². The van der Waals surface area contributed by atoms with Gasteiger partial charge in [0.1, 0.15) is 18.9 Å². The van der Waals surface area contributed by atoms with Crippen molar-refractivity contribution in [3.8, 4) is 0 Å². The maximum Gasteiger partial charge on any atom is 0.248 e. The van der Waals surface area contributed by atoms with E-state index in [1.165, 1.54) is 5.56 Å². The van der Waals surface area contributed by atoms with Crippen LogP contribution >= 0.6 is 0 Å². The minimum atomic E-state index is 0. The van der Waals surface area contributed by atoms with Crippen LogP contribution < -0.4 is 17.0 Å². The molecule has 0 aliphatic rings. The number of hydrogen-bond acceptors (Lipinski definition) is 0. The first-order valence-corrected chi connectivity index (χ1v) is 5.22. The SMILES string of the molecule is C=Cc1ccc(C[n+]2ccn(C=C)c2)cc1.[Cl-]. The highest BCUT2D eigenvalue weighted by Gasteiger charge is 2.01. The van der Waals surface area contributed by atoms with Crippen LogP contribution in [0, 0.1) is 0 Å². The zero-order valence-electron chi connectivity index (χ0n) is 9.59. The molecule has 0 radical (unpaired) electrons. The summed E-state index contributed by atoms with van der Waals surface area (Å²) in [6.45, 7) is 8.33. The Morgan fingerprint density at radius 1 is 1.18 bits per heavy atom. The van der Waals surface area contributed by atoms with Gasteiger partial charge in [0.2, 0.25) is 6.33 Å². The van der Waals surface area contributed by atoms with E-state index in [9.17, 15) is 0 Å². The molecule has 1 aromatic heterocycles. The van der Waals surface area contributed by atoms with E-state index in [0.717, 1.165) is 12.1 Å². The van der Waals surface area contributed by atoms with Gasteiger partial charge in [0.25, 0.3) is 0 Å². The third-order valence-corrected chi connectivity index (χ3v) is 2.50. The van der Waals surface area contributed by atoms with Crippen LogP contribution in [0.2, 0.25) is 0 Å². The summed E-state index contributed by atoms with van der Waals surface area (Å²) < 4.78 is 4.04. The highest BCUT2D eigenvalue weighted by molar-refractivity contribution is 5.47. The van der Waals surface area contributed by atoms with Crippen molar-refractivity contribution < 1.29 is 17.0 Å². The molecule has 88 valence electrons. The first kappa shape index (κ1) is 13.3. The highest BCUT2D eigenvalue weighted by atomic mass is 35.5. The first-order chi connectivity index (χ1) is 7.81. The van der Waals surface area contributed by atoms with Crippen molar-refractivity contribution in [2.45, 2.75) is 6.54 Å². The van der Waals surface area contributed by atoms with Crippen LogP contribution in [-0.4, -0.2) is 4.57 Å². The van der Waals surface area contributed by atoms with Gasteiger partial charge in [-0.05, 0) is 11.1 Å². The van der Waals surface area contributed by atoms with Crippen molar-refractivity contribution in [3.63, 3.8) is 0 Å². The molecule has 1 heterocycles. The summed E-state index contributed by atoms with van der Waals surface area (Å²) in [7, 11) is 0. The molecule has 0 unspecified atom stereocenters. The van der Waals surface area contributed by atoms with Crippen molar-refractivity contribution in [1.29, 1.82) is 0 Å². The Morgan fingerprint density at radius 3 is 2.41 bits per heavy atom. The molecule has 0 aliphatic heterocycles. The highest BCUT2D eigenvalue weighted by Crippen LogP contribution is 2.04. The van der Waals surface area contributed by atoms with Gasteiger partial charge in [-0.15, -0.1) is 0 Å². The number of halogens is 1. The Labute approximate surface area is 108 Å². The Balaban J connectivity index is 0.00000144. The largest absolute Gasteiger partial charge is 1.00 e. The monoisotopic (exact) mass is 246 g/mol. The fraction of sp³-hybridized carbons (Fsp3) is 0.0714. The van der Waals surface area contributed by atoms with Crippen molar-refractivity contribution in [2.24, 2.45) is 0 Å². The molecule has 2 rings (SSSR count). The quantitative estimate of drug-likeness (QED) is 0.648. The van der Waals surface area contributed by atoms with E-state index in [4.69, 9.17) is 0 Å². The maximum atomic E-state index is 3.74. The topological polar surface area (TPSA) is 8.81 Å². The molecule has 2 nitrogen and oxygen atoms in total. The van der Waals surface area contributed by atoms with Gasteiger partial charge in [-0.25, -0.2) is 9.13 Å². The van der Waals surface area contributed by atoms with Crippen LogP contribution in [-0.2, 0) is 6.54 Å². The van der Waals surface area contributed by atoms with Gasteiger partial charge in [-0.2, -0.15) is 0 Å². The predicted octanol–water partition coefficient (Wildman–Crippen LogP) is -0.429. The molecule has 0 spiro atoms. The van der Waals surface area contributed by atoms with Gasteiger partial charge in [-0.3, -0.25) is 0 Å². The molecule has 0 amide bonds. The van der Waals surface area contributed by atoms with E-state index in [0.29, 0.717) is 0 Å². The number of hydrogen-bond donors (Lipinski definition) is 0. The molecule has 0 bridgehead atoms. The summed E-state index contributed by atoms with van der Waals surface area (Å²) in [5, 5.41) is 0. The lowest BCUT2D eigenvalue weighted by Gasteiger charge is -1.98. The minimum Gasteiger partial charge on any atom is -1.00 e. The zero-order valence-corrected chi connectivity index (χ0v) is 10.3. The molecule has 1 aromatic carbocycles. The van der Waals surface area contributed by atoms with E-state index < -0.39 is 0 Å². The molecule has 0 atom stereocenters. The Morgan fingerprint density at radius 2 is 1.88 bits per heavy atom. The smallest absolute Gasteiger partial charge is 0.248 e. The molecule has 3 heteroatoms. The van der Waals surface area contributed by atoms with Gasteiger partial charge in [0.05, 0.1) is 6.20 Å². The van der Waals surface area contributed by atoms with Crippen LogP contribution in [0.4, 0.5) is 0 Å². The van der Waals surface area contributed by atoms with E-state index >= 15 is 0 Å². The second-order valence-electron chi connectivity index (χ2n) is 3.66. The predicted molar refractivity (Wildman–Crippen MR) is 66.6 cm³/mol. The maximum absolute atomic E-state index is 3.74. The van der Waals surface area contributed by atoms with Crippen LogP contribution in [0.3, 0.4) is 0 Å². The Bertz CT molecular complexity index is 497. The fourth-order valence-electron chi connectivity index (χ4n) is 1.58. The second kappa shape index (κ2) is 6.06. The molecule has 0 aliphatic carbocycles. The summed E-state index contributed by atoms with van der Waals surface area (Å²) >= 11 is 0. The molecular weight excluding hydrogens is 232 g/mol. The number of rotatable bonds is 4. The van der Waals surface area contributed by atoms with Crippen LogP contribution in [0.15, 0.2) is 56.1 Å². The molecule has 17 heavy (non-hydrogen) atoms. The normalized spacial score (nSPS) is 9.41. The summed E-state index contributed by atoms with van der Waals surface area (Å²) in [6.07, 6.45) is 9.64. The molecule has 0 saturated carbocycles. The van der Waals surface area contributed by atoms with Gasteiger partial charge >= 0.3 is 0 Å². The Hall–Kier alpha value is -1.80. The van der Waals surface area contributed by atoms with Crippen LogP contribution in [0.25, 0.3) is 12.3 Å². The van der Waals surface area contributed by atoms with Gasteiger partial charge in [0.15, 0.2) is 0 Å². The Kier molecular flexibility index (Phi) is 4.73. The van der Waals surface area contributed by atoms with Crippen molar-refractivity contribution in [3.05, 3.63) is 67.3 Å². The summed E-state index contributed by atoms with van der Waals surface area (Å²) in [5.74, 6) is 0. The third kappa shape index (κ3) is 3.33. The van der Waals surface area contributed by atoms with Gasteiger partial charge < -0.3 is 12.4 Å². The number of imidazole rings is 1. The number of aromatic nitrogens is 2. The zero-order chi connectivity index (χ0) is 11.4. The minimum absolute atomic E-state index is 0.